The number of carbonyl (C=O) groups is 3. The van der Waals surface area contributed by atoms with Gasteiger partial charge < -0.3 is 5.11 Å². The highest BCUT2D eigenvalue weighted by Gasteiger charge is 2.35. The van der Waals surface area contributed by atoms with Crippen molar-refractivity contribution in [1.29, 1.82) is 0 Å². The van der Waals surface area contributed by atoms with Gasteiger partial charge in [0.1, 0.15) is 0 Å². The van der Waals surface area contributed by atoms with Gasteiger partial charge >= 0.3 is 5.97 Å². The van der Waals surface area contributed by atoms with Crippen molar-refractivity contribution in [3.05, 3.63) is 81.4 Å². The lowest BCUT2D eigenvalue weighted by atomic mass is 9.92. The first kappa shape index (κ1) is 16.4. The first-order valence-electron chi connectivity index (χ1n) is 7.82. The number of anilines is 1. The lowest BCUT2D eigenvalue weighted by molar-refractivity contribution is -0.383. The summed E-state index contributed by atoms with van der Waals surface area (Å²) in [5.41, 5.74) is 0.141. The second-order valence-corrected chi connectivity index (χ2v) is 5.92. The molecule has 0 saturated carbocycles. The van der Waals surface area contributed by atoms with Crippen LogP contribution in [-0.4, -0.2) is 27.8 Å². The number of nitro groups is 1. The van der Waals surface area contributed by atoms with E-state index in [1.807, 2.05) is 0 Å². The molecule has 27 heavy (non-hydrogen) atoms. The van der Waals surface area contributed by atoms with Crippen LogP contribution in [0.4, 0.5) is 11.4 Å². The van der Waals surface area contributed by atoms with Gasteiger partial charge in [-0.25, -0.2) is 9.69 Å². The van der Waals surface area contributed by atoms with E-state index in [4.69, 9.17) is 5.11 Å². The molecule has 0 aromatic heterocycles. The number of hydrogen-bond acceptors (Lipinski definition) is 5. The Morgan fingerprint density at radius 1 is 0.963 bits per heavy atom. The maximum Gasteiger partial charge on any atom is 0.335 e. The highest BCUT2D eigenvalue weighted by Crippen LogP contribution is 2.36. The van der Waals surface area contributed by atoms with E-state index in [2.05, 4.69) is 0 Å². The number of hydrogen-bond donors (Lipinski definition) is 1. The fourth-order valence-electron chi connectivity index (χ4n) is 3.25. The normalized spacial score (nSPS) is 13.1. The molecular formula is C19H10N2O6. The molecular weight excluding hydrogens is 352 g/mol. The third-order valence-corrected chi connectivity index (χ3v) is 4.43. The van der Waals surface area contributed by atoms with Crippen molar-refractivity contribution in [2.75, 3.05) is 4.90 Å². The van der Waals surface area contributed by atoms with E-state index < -0.39 is 22.7 Å². The van der Waals surface area contributed by atoms with Crippen LogP contribution in [0.5, 0.6) is 0 Å². The zero-order valence-corrected chi connectivity index (χ0v) is 13.6. The Labute approximate surface area is 151 Å². The number of non-ortho nitro benzene ring substituents is 1. The molecule has 3 aromatic carbocycles. The Morgan fingerprint density at radius 3 is 2.30 bits per heavy atom. The summed E-state index contributed by atoms with van der Waals surface area (Å²) >= 11 is 0. The molecule has 0 unspecified atom stereocenters. The van der Waals surface area contributed by atoms with Gasteiger partial charge in [-0.05, 0) is 36.4 Å². The maximum atomic E-state index is 13.0. The fraction of sp³-hybridized carbons (Fsp3) is 0. The number of aromatic carboxylic acids is 1. The topological polar surface area (TPSA) is 118 Å². The molecule has 0 atom stereocenters. The van der Waals surface area contributed by atoms with E-state index in [0.29, 0.717) is 0 Å². The average molecular weight is 362 g/mol. The summed E-state index contributed by atoms with van der Waals surface area (Å²) in [6.45, 7) is 0. The molecule has 1 aliphatic rings. The van der Waals surface area contributed by atoms with E-state index in [1.165, 1.54) is 54.6 Å². The Kier molecular flexibility index (Phi) is 3.48. The van der Waals surface area contributed by atoms with Gasteiger partial charge in [-0.1, -0.05) is 12.1 Å². The van der Waals surface area contributed by atoms with Crippen LogP contribution in [0, 0.1) is 10.1 Å². The molecule has 8 nitrogen and oxygen atoms in total. The molecule has 4 rings (SSSR count). The molecule has 0 saturated heterocycles. The molecule has 1 heterocycles. The van der Waals surface area contributed by atoms with Crippen LogP contribution >= 0.6 is 0 Å². The van der Waals surface area contributed by atoms with Crippen LogP contribution in [0.1, 0.15) is 31.1 Å². The Balaban J connectivity index is 1.96. The van der Waals surface area contributed by atoms with Crippen LogP contribution in [0.2, 0.25) is 0 Å². The summed E-state index contributed by atoms with van der Waals surface area (Å²) in [4.78, 5) is 48.7. The van der Waals surface area contributed by atoms with E-state index in [-0.39, 0.29) is 38.8 Å². The minimum absolute atomic E-state index is 0.0687. The van der Waals surface area contributed by atoms with E-state index in [0.717, 1.165) is 4.90 Å². The monoisotopic (exact) mass is 362 g/mol. The van der Waals surface area contributed by atoms with E-state index in [9.17, 15) is 24.5 Å². The Morgan fingerprint density at radius 2 is 1.63 bits per heavy atom. The van der Waals surface area contributed by atoms with Gasteiger partial charge in [-0.2, -0.15) is 0 Å². The van der Waals surface area contributed by atoms with Crippen molar-refractivity contribution in [3.63, 3.8) is 0 Å². The standard InChI is InChI=1S/C19H10N2O6/c22-17-13-6-2-5-12-15(21(26)27)8-7-14(16(12)13)18(23)20(17)11-4-1-3-10(9-11)19(24)25/h1-9H,(H,24,25). The van der Waals surface area contributed by atoms with Gasteiger partial charge in [0.2, 0.25) is 0 Å². The number of carbonyl (C=O) groups excluding carboxylic acids is 2. The number of carboxylic acids is 1. The third-order valence-electron chi connectivity index (χ3n) is 4.43. The van der Waals surface area contributed by atoms with Gasteiger partial charge in [0, 0.05) is 22.6 Å². The Hall–Kier alpha value is -4.07. The molecule has 1 aliphatic heterocycles. The van der Waals surface area contributed by atoms with Crippen LogP contribution < -0.4 is 4.90 Å². The molecule has 0 fully saturated rings. The second kappa shape index (κ2) is 5.73. The summed E-state index contributed by atoms with van der Waals surface area (Å²) in [5, 5.41) is 20.8. The number of carboxylic acid groups (broad SMARTS) is 1. The molecule has 3 aromatic rings. The molecule has 0 bridgehead atoms. The third kappa shape index (κ3) is 2.35. The van der Waals surface area contributed by atoms with Crippen molar-refractivity contribution in [1.82, 2.24) is 0 Å². The van der Waals surface area contributed by atoms with Crippen LogP contribution in [0.3, 0.4) is 0 Å². The predicted molar refractivity (Wildman–Crippen MR) is 95.1 cm³/mol. The van der Waals surface area contributed by atoms with Gasteiger partial charge in [-0.15, -0.1) is 0 Å². The van der Waals surface area contributed by atoms with E-state index >= 15 is 0 Å². The number of rotatable bonds is 3. The van der Waals surface area contributed by atoms with Crippen molar-refractivity contribution >= 4 is 39.9 Å². The maximum absolute atomic E-state index is 13.0. The first-order chi connectivity index (χ1) is 12.9. The van der Waals surface area contributed by atoms with Crippen LogP contribution in [-0.2, 0) is 0 Å². The number of amides is 2. The second-order valence-electron chi connectivity index (χ2n) is 5.92. The van der Waals surface area contributed by atoms with Crippen molar-refractivity contribution in [2.24, 2.45) is 0 Å². The largest absolute Gasteiger partial charge is 0.478 e. The molecule has 0 radical (unpaired) electrons. The van der Waals surface area contributed by atoms with E-state index in [1.54, 1.807) is 0 Å². The minimum Gasteiger partial charge on any atom is -0.478 e. The number of nitrogens with zero attached hydrogens (tertiary/aromatic N) is 2. The SMILES string of the molecule is O=C(O)c1cccc(N2C(=O)c3cccc4c([N+](=O)[O-])ccc(c34)C2=O)c1. The minimum atomic E-state index is -1.19. The van der Waals surface area contributed by atoms with Gasteiger partial charge in [-0.3, -0.25) is 19.7 Å². The average Bonchev–Trinajstić information content (AvgIpc) is 2.65. The zero-order valence-electron chi connectivity index (χ0n) is 13.6. The first-order valence-corrected chi connectivity index (χ1v) is 7.82. The van der Waals surface area contributed by atoms with Gasteiger partial charge in [0.25, 0.3) is 17.5 Å². The van der Waals surface area contributed by atoms with Crippen molar-refractivity contribution < 1.29 is 24.4 Å². The fourth-order valence-corrected chi connectivity index (χ4v) is 3.25. The molecule has 1 N–H and O–H groups in total. The summed E-state index contributed by atoms with van der Waals surface area (Å²) in [6, 6.07) is 12.5. The highest BCUT2D eigenvalue weighted by atomic mass is 16.6. The van der Waals surface area contributed by atoms with Gasteiger partial charge in [0.15, 0.2) is 0 Å². The Bertz CT molecular complexity index is 1160. The highest BCUT2D eigenvalue weighted by molar-refractivity contribution is 6.36. The van der Waals surface area contributed by atoms with Gasteiger partial charge in [0.05, 0.1) is 21.6 Å². The number of benzene rings is 3. The summed E-state index contributed by atoms with van der Waals surface area (Å²) in [5.74, 6) is -2.52. The lowest BCUT2D eigenvalue weighted by Crippen LogP contribution is -2.40. The molecule has 0 aliphatic carbocycles. The molecule has 8 heteroatoms. The smallest absolute Gasteiger partial charge is 0.335 e. The van der Waals surface area contributed by atoms with Crippen LogP contribution in [0.15, 0.2) is 54.6 Å². The predicted octanol–water partition coefficient (Wildman–Crippen LogP) is 3.25. The summed E-state index contributed by atoms with van der Waals surface area (Å²) in [6.07, 6.45) is 0. The molecule has 132 valence electrons. The van der Waals surface area contributed by atoms with Crippen molar-refractivity contribution in [3.8, 4) is 0 Å². The van der Waals surface area contributed by atoms with Crippen molar-refractivity contribution in [2.45, 2.75) is 0 Å². The summed E-state index contributed by atoms with van der Waals surface area (Å²) < 4.78 is 0. The lowest BCUT2D eigenvalue weighted by Gasteiger charge is -2.27. The quantitative estimate of drug-likeness (QED) is 0.434. The number of nitro benzene ring substituents is 1. The zero-order chi connectivity index (χ0) is 19.3. The molecule has 2 amide bonds. The molecule has 0 spiro atoms. The summed E-state index contributed by atoms with van der Waals surface area (Å²) in [7, 11) is 0. The number of imide groups is 1. The van der Waals surface area contributed by atoms with Crippen LogP contribution in [0.25, 0.3) is 10.8 Å².